The zero-order chi connectivity index (χ0) is 42.3. The first-order valence-electron chi connectivity index (χ1n) is 23.9. The van der Waals surface area contributed by atoms with E-state index in [2.05, 4.69) is 38.2 Å². The van der Waals surface area contributed by atoms with E-state index >= 15 is 0 Å². The van der Waals surface area contributed by atoms with Crippen molar-refractivity contribution in [1.82, 2.24) is 0 Å². The largest absolute Gasteiger partial charge is 0.462 e. The van der Waals surface area contributed by atoms with Gasteiger partial charge in [0.2, 0.25) is 0 Å². The van der Waals surface area contributed by atoms with Crippen molar-refractivity contribution in [2.45, 2.75) is 250 Å². The van der Waals surface area contributed by atoms with Crippen molar-refractivity contribution in [2.75, 3.05) is 19.8 Å². The van der Waals surface area contributed by atoms with E-state index in [1.165, 1.54) is 128 Å². The highest BCUT2D eigenvalue weighted by molar-refractivity contribution is 5.70. The lowest BCUT2D eigenvalue weighted by Gasteiger charge is -2.39. The Morgan fingerprint density at radius 2 is 0.966 bits per heavy atom. The smallest absolute Gasteiger partial charge is 0.306 e. The molecule has 0 saturated carbocycles. The Balaban J connectivity index is 2.29. The number of ether oxygens (including phenoxy) is 4. The predicted molar refractivity (Wildman–Crippen MR) is 233 cm³/mol. The van der Waals surface area contributed by atoms with Gasteiger partial charge in [0.05, 0.1) is 13.2 Å². The maximum atomic E-state index is 12.8. The van der Waals surface area contributed by atoms with Crippen molar-refractivity contribution in [2.24, 2.45) is 0 Å². The molecule has 0 spiro atoms. The third kappa shape index (κ3) is 30.2. The number of rotatable bonds is 40. The van der Waals surface area contributed by atoms with E-state index in [1.54, 1.807) is 0 Å². The standard InChI is InChI=1S/C48H88O10/c1-3-5-7-9-11-13-15-17-19-20-21-22-23-25-27-29-31-33-35-37-44(51)57-41(40-56-48-47(54)46(53)45(52)42(38-49)58-48)39-55-43(50)36-34-32-30-28-26-24-18-16-14-12-10-8-6-4-2/h11,13,17,19,41-42,45-49,52-54H,3-10,12,14-16,18,20-40H2,1-2H3/b13-11-,19-17-. The second kappa shape index (κ2) is 39.3. The van der Waals surface area contributed by atoms with E-state index in [-0.39, 0.29) is 32.0 Å². The molecular weight excluding hydrogens is 737 g/mol. The average molecular weight is 825 g/mol. The molecule has 6 atom stereocenters. The monoisotopic (exact) mass is 825 g/mol. The Hall–Kier alpha value is -1.82. The lowest BCUT2D eigenvalue weighted by Crippen LogP contribution is -2.59. The number of hydrogen-bond acceptors (Lipinski definition) is 10. The quantitative estimate of drug-likeness (QED) is 0.0267. The highest BCUT2D eigenvalue weighted by Gasteiger charge is 2.44. The number of hydrogen-bond donors (Lipinski definition) is 4. The van der Waals surface area contributed by atoms with Crippen LogP contribution < -0.4 is 0 Å². The van der Waals surface area contributed by atoms with Crippen LogP contribution in [0.2, 0.25) is 0 Å². The molecule has 0 aliphatic carbocycles. The van der Waals surface area contributed by atoms with Crippen LogP contribution in [-0.4, -0.2) is 89.0 Å². The molecule has 0 aromatic heterocycles. The first-order chi connectivity index (χ1) is 28.3. The van der Waals surface area contributed by atoms with Crippen LogP contribution in [0.25, 0.3) is 0 Å². The fourth-order valence-corrected chi connectivity index (χ4v) is 7.28. The van der Waals surface area contributed by atoms with Crippen LogP contribution in [0.1, 0.15) is 213 Å². The molecule has 1 rings (SSSR count). The second-order valence-corrected chi connectivity index (χ2v) is 16.6. The zero-order valence-electron chi connectivity index (χ0n) is 37.1. The predicted octanol–water partition coefficient (Wildman–Crippen LogP) is 10.5. The van der Waals surface area contributed by atoms with E-state index in [1.807, 2.05) is 0 Å². The van der Waals surface area contributed by atoms with E-state index in [0.29, 0.717) is 6.42 Å². The molecule has 1 saturated heterocycles. The van der Waals surface area contributed by atoms with Gasteiger partial charge in [0.1, 0.15) is 31.0 Å². The maximum Gasteiger partial charge on any atom is 0.306 e. The van der Waals surface area contributed by atoms with E-state index < -0.39 is 49.4 Å². The number of esters is 2. The zero-order valence-corrected chi connectivity index (χ0v) is 37.1. The normalized spacial score (nSPS) is 20.3. The van der Waals surface area contributed by atoms with Crippen molar-refractivity contribution in [3.63, 3.8) is 0 Å². The summed E-state index contributed by atoms with van der Waals surface area (Å²) in [5, 5.41) is 40.1. The van der Waals surface area contributed by atoms with Gasteiger partial charge in [-0.2, -0.15) is 0 Å². The Morgan fingerprint density at radius 3 is 1.47 bits per heavy atom. The van der Waals surface area contributed by atoms with Gasteiger partial charge < -0.3 is 39.4 Å². The molecule has 4 N–H and O–H groups in total. The Bertz CT molecular complexity index is 1000. The molecule has 0 radical (unpaired) electrons. The van der Waals surface area contributed by atoms with Crippen molar-refractivity contribution in [3.05, 3.63) is 24.3 Å². The van der Waals surface area contributed by atoms with Crippen LogP contribution in [0.5, 0.6) is 0 Å². The van der Waals surface area contributed by atoms with Gasteiger partial charge >= 0.3 is 11.9 Å². The molecule has 1 aliphatic heterocycles. The van der Waals surface area contributed by atoms with Crippen molar-refractivity contribution in [1.29, 1.82) is 0 Å². The number of allylic oxidation sites excluding steroid dienone is 4. The molecule has 1 fully saturated rings. The van der Waals surface area contributed by atoms with Crippen LogP contribution in [-0.2, 0) is 28.5 Å². The highest BCUT2D eigenvalue weighted by Crippen LogP contribution is 2.23. The third-order valence-electron chi connectivity index (χ3n) is 11.1. The minimum absolute atomic E-state index is 0.215. The molecule has 0 bridgehead atoms. The SMILES string of the molecule is CCCCC/C=C\C/C=C\CCCCCCCCCCCC(=O)OC(COC(=O)CCCCCCCCCCCCCCCC)COC1OC(CO)C(O)C(O)C1O. The summed E-state index contributed by atoms with van der Waals surface area (Å²) in [4.78, 5) is 25.4. The Labute approximate surface area is 353 Å². The van der Waals surface area contributed by atoms with Gasteiger partial charge in [0.25, 0.3) is 0 Å². The summed E-state index contributed by atoms with van der Waals surface area (Å²) in [6, 6.07) is 0. The molecule has 0 aromatic rings. The summed E-state index contributed by atoms with van der Waals surface area (Å²) in [6.07, 6.45) is 36.0. The average Bonchev–Trinajstić information content (AvgIpc) is 3.22. The minimum atomic E-state index is -1.59. The lowest BCUT2D eigenvalue weighted by molar-refractivity contribution is -0.305. The van der Waals surface area contributed by atoms with Crippen molar-refractivity contribution >= 4 is 11.9 Å². The van der Waals surface area contributed by atoms with Gasteiger partial charge in [-0.15, -0.1) is 0 Å². The van der Waals surface area contributed by atoms with Gasteiger partial charge in [-0.05, 0) is 44.9 Å². The summed E-state index contributed by atoms with van der Waals surface area (Å²) >= 11 is 0. The number of aliphatic hydroxyl groups excluding tert-OH is 4. The Kier molecular flexibility index (Phi) is 36.7. The maximum absolute atomic E-state index is 12.8. The Morgan fingerprint density at radius 1 is 0.534 bits per heavy atom. The molecule has 0 amide bonds. The van der Waals surface area contributed by atoms with Crippen LogP contribution in [0.4, 0.5) is 0 Å². The van der Waals surface area contributed by atoms with Gasteiger partial charge in [0, 0.05) is 12.8 Å². The van der Waals surface area contributed by atoms with Crippen LogP contribution in [0.15, 0.2) is 24.3 Å². The van der Waals surface area contributed by atoms with Gasteiger partial charge in [-0.25, -0.2) is 0 Å². The topological polar surface area (TPSA) is 152 Å². The van der Waals surface area contributed by atoms with Crippen molar-refractivity contribution < 1.29 is 49.0 Å². The van der Waals surface area contributed by atoms with Crippen LogP contribution in [0.3, 0.4) is 0 Å². The molecule has 0 aromatic carbocycles. The molecule has 1 aliphatic rings. The lowest BCUT2D eigenvalue weighted by atomic mass is 9.99. The fraction of sp³-hybridized carbons (Fsp3) is 0.875. The van der Waals surface area contributed by atoms with E-state index in [0.717, 1.165) is 51.4 Å². The third-order valence-corrected chi connectivity index (χ3v) is 11.1. The van der Waals surface area contributed by atoms with Gasteiger partial charge in [-0.3, -0.25) is 9.59 Å². The minimum Gasteiger partial charge on any atom is -0.462 e. The summed E-state index contributed by atoms with van der Waals surface area (Å²) in [6.45, 7) is 3.41. The van der Waals surface area contributed by atoms with Crippen molar-refractivity contribution in [3.8, 4) is 0 Å². The molecule has 1 heterocycles. The summed E-state index contributed by atoms with van der Waals surface area (Å²) < 4.78 is 22.2. The summed E-state index contributed by atoms with van der Waals surface area (Å²) in [5.41, 5.74) is 0. The van der Waals surface area contributed by atoms with E-state index in [4.69, 9.17) is 18.9 Å². The molecule has 6 unspecified atom stereocenters. The molecule has 340 valence electrons. The summed E-state index contributed by atoms with van der Waals surface area (Å²) in [7, 11) is 0. The van der Waals surface area contributed by atoms with Crippen LogP contribution in [0, 0.1) is 0 Å². The molecule has 10 heteroatoms. The number of unbranched alkanes of at least 4 members (excludes halogenated alkanes) is 25. The summed E-state index contributed by atoms with van der Waals surface area (Å²) in [5.74, 6) is -0.802. The number of aliphatic hydroxyl groups is 4. The number of carbonyl (C=O) groups excluding carboxylic acids is 2. The first-order valence-corrected chi connectivity index (χ1v) is 23.9. The second-order valence-electron chi connectivity index (χ2n) is 16.6. The fourth-order valence-electron chi connectivity index (χ4n) is 7.28. The molecular formula is C48H88O10. The molecule has 10 nitrogen and oxygen atoms in total. The number of carbonyl (C=O) groups is 2. The highest BCUT2D eigenvalue weighted by atomic mass is 16.7. The van der Waals surface area contributed by atoms with E-state index in [9.17, 15) is 30.0 Å². The molecule has 58 heavy (non-hydrogen) atoms. The van der Waals surface area contributed by atoms with Crippen LogP contribution >= 0.6 is 0 Å². The van der Waals surface area contributed by atoms with Gasteiger partial charge in [-0.1, -0.05) is 179 Å². The first kappa shape index (κ1) is 54.2. The van der Waals surface area contributed by atoms with Gasteiger partial charge in [0.15, 0.2) is 12.4 Å².